The average molecular weight is 305 g/mol. The summed E-state index contributed by atoms with van der Waals surface area (Å²) in [6, 6.07) is 7.98. The van der Waals surface area contributed by atoms with Gasteiger partial charge >= 0.3 is 12.1 Å². The highest BCUT2D eigenvalue weighted by Crippen LogP contribution is 2.30. The molecule has 1 amide bonds. The second kappa shape index (κ2) is 6.02. The van der Waals surface area contributed by atoms with E-state index in [4.69, 9.17) is 9.84 Å². The minimum absolute atomic E-state index is 0.282. The number of hydrogen-bond donors (Lipinski definition) is 2. The molecule has 1 aromatic carbocycles. The molecule has 1 rings (SSSR count). The normalized spacial score (nSPS) is 15.7. The van der Waals surface area contributed by atoms with Crippen LogP contribution < -0.4 is 10.1 Å². The maximum atomic E-state index is 12.8. The lowest BCUT2D eigenvalue weighted by Crippen LogP contribution is -2.63. The van der Waals surface area contributed by atoms with Crippen molar-refractivity contribution in [2.45, 2.75) is 31.7 Å². The molecular weight excluding hydrogens is 291 g/mol. The Morgan fingerprint density at radius 1 is 1.24 bits per heavy atom. The topological polar surface area (TPSA) is 75.6 Å². The summed E-state index contributed by atoms with van der Waals surface area (Å²) < 4.78 is 43.5. The summed E-state index contributed by atoms with van der Waals surface area (Å²) in [7, 11) is 0. The first kappa shape index (κ1) is 16.8. The van der Waals surface area contributed by atoms with Gasteiger partial charge in [-0.25, -0.2) is 4.79 Å². The third kappa shape index (κ3) is 3.87. The molecule has 0 aliphatic heterocycles. The van der Waals surface area contributed by atoms with Crippen molar-refractivity contribution in [1.29, 1.82) is 0 Å². The highest BCUT2D eigenvalue weighted by Gasteiger charge is 2.58. The Morgan fingerprint density at radius 2 is 1.76 bits per heavy atom. The molecule has 0 radical (unpaired) electrons. The number of halogens is 3. The van der Waals surface area contributed by atoms with Gasteiger partial charge in [-0.2, -0.15) is 13.2 Å². The first-order chi connectivity index (χ1) is 9.58. The van der Waals surface area contributed by atoms with Crippen molar-refractivity contribution in [3.8, 4) is 5.75 Å². The van der Waals surface area contributed by atoms with Crippen LogP contribution in [0.1, 0.15) is 13.8 Å². The van der Waals surface area contributed by atoms with Crippen LogP contribution in [0.2, 0.25) is 0 Å². The number of amides is 1. The molecule has 2 N–H and O–H groups in total. The van der Waals surface area contributed by atoms with Gasteiger partial charge in [0.25, 0.3) is 5.91 Å². The Kier molecular flexibility index (Phi) is 4.82. The first-order valence-electron chi connectivity index (χ1n) is 5.92. The van der Waals surface area contributed by atoms with Gasteiger partial charge in [0, 0.05) is 0 Å². The van der Waals surface area contributed by atoms with Crippen LogP contribution in [0.3, 0.4) is 0 Å². The number of nitrogens with one attached hydrogen (secondary N) is 1. The Hall–Kier alpha value is -2.25. The molecule has 0 fully saturated rings. The number of hydrogen-bond acceptors (Lipinski definition) is 3. The Morgan fingerprint density at radius 3 is 2.19 bits per heavy atom. The van der Waals surface area contributed by atoms with Crippen molar-refractivity contribution in [2.75, 3.05) is 0 Å². The minimum atomic E-state index is -5.14. The predicted octanol–water partition coefficient (Wildman–Crippen LogP) is 1.98. The van der Waals surface area contributed by atoms with E-state index in [-0.39, 0.29) is 5.75 Å². The fraction of sp³-hybridized carbons (Fsp3) is 0.385. The number of carbonyl (C=O) groups excluding carboxylic acids is 1. The van der Waals surface area contributed by atoms with E-state index in [9.17, 15) is 22.8 Å². The maximum absolute atomic E-state index is 12.8. The first-order valence-corrected chi connectivity index (χ1v) is 5.92. The van der Waals surface area contributed by atoms with E-state index in [0.717, 1.165) is 0 Å². The van der Waals surface area contributed by atoms with Gasteiger partial charge in [0.2, 0.25) is 5.54 Å². The summed E-state index contributed by atoms with van der Waals surface area (Å²) >= 11 is 0. The third-order valence-corrected chi connectivity index (χ3v) is 2.79. The molecule has 0 bridgehead atoms. The molecule has 0 aliphatic carbocycles. The van der Waals surface area contributed by atoms with Crippen LogP contribution in [-0.2, 0) is 9.59 Å². The zero-order chi connectivity index (χ0) is 16.3. The Bertz CT molecular complexity index is 518. The number of aliphatic carboxylic acids is 1. The van der Waals surface area contributed by atoms with Crippen molar-refractivity contribution in [1.82, 2.24) is 5.32 Å². The Labute approximate surface area is 118 Å². The van der Waals surface area contributed by atoms with Gasteiger partial charge in [-0.15, -0.1) is 0 Å². The zero-order valence-electron chi connectivity index (χ0n) is 11.3. The summed E-state index contributed by atoms with van der Waals surface area (Å²) in [6.45, 7) is 1.60. The number of rotatable bonds is 5. The molecule has 21 heavy (non-hydrogen) atoms. The summed E-state index contributed by atoms with van der Waals surface area (Å²) in [6.07, 6.45) is -6.42. The number of carbonyl (C=O) groups is 2. The second-order valence-electron chi connectivity index (χ2n) is 4.49. The molecule has 0 saturated carbocycles. The molecule has 116 valence electrons. The summed E-state index contributed by atoms with van der Waals surface area (Å²) in [4.78, 5) is 22.5. The van der Waals surface area contributed by atoms with Crippen molar-refractivity contribution in [3.63, 3.8) is 0 Å². The number of para-hydroxylation sites is 1. The van der Waals surface area contributed by atoms with E-state index in [1.54, 1.807) is 18.2 Å². The summed E-state index contributed by atoms with van der Waals surface area (Å²) in [5.74, 6) is -3.10. The van der Waals surface area contributed by atoms with Crippen LogP contribution in [0.4, 0.5) is 13.2 Å². The van der Waals surface area contributed by atoms with Crippen LogP contribution in [0.15, 0.2) is 30.3 Å². The maximum Gasteiger partial charge on any atom is 0.422 e. The molecule has 0 aliphatic rings. The SMILES string of the molecule is CC(Oc1ccccc1)C(=O)NC(C)(C(=O)O)C(F)(F)F. The molecular formula is C13H14F3NO4. The van der Waals surface area contributed by atoms with E-state index in [1.807, 2.05) is 0 Å². The second-order valence-corrected chi connectivity index (χ2v) is 4.49. The molecule has 2 atom stereocenters. The monoisotopic (exact) mass is 305 g/mol. The fourth-order valence-corrected chi connectivity index (χ4v) is 1.35. The molecule has 0 heterocycles. The van der Waals surface area contributed by atoms with E-state index in [2.05, 4.69) is 0 Å². The molecule has 0 saturated heterocycles. The molecule has 8 heteroatoms. The number of alkyl halides is 3. The molecule has 1 aromatic rings. The van der Waals surface area contributed by atoms with Gasteiger partial charge in [-0.1, -0.05) is 18.2 Å². The fourth-order valence-electron chi connectivity index (χ4n) is 1.35. The highest BCUT2D eigenvalue weighted by molar-refractivity contribution is 5.89. The number of carboxylic acid groups (broad SMARTS) is 1. The van der Waals surface area contributed by atoms with Gasteiger partial charge in [-0.05, 0) is 26.0 Å². The van der Waals surface area contributed by atoms with Crippen LogP contribution in [0.5, 0.6) is 5.75 Å². The van der Waals surface area contributed by atoms with E-state index in [1.165, 1.54) is 24.4 Å². The smallest absolute Gasteiger partial charge is 0.422 e. The molecule has 5 nitrogen and oxygen atoms in total. The number of ether oxygens (including phenoxy) is 1. The predicted molar refractivity (Wildman–Crippen MR) is 66.8 cm³/mol. The lowest BCUT2D eigenvalue weighted by Gasteiger charge is -2.29. The number of carboxylic acids is 1. The third-order valence-electron chi connectivity index (χ3n) is 2.79. The van der Waals surface area contributed by atoms with E-state index < -0.39 is 29.7 Å². The van der Waals surface area contributed by atoms with Crippen molar-refractivity contribution in [2.24, 2.45) is 0 Å². The standard InChI is InChI=1S/C13H14F3NO4/c1-8(21-9-6-4-3-5-7-9)10(18)17-12(2,11(19)20)13(14,15)16/h3-8H,1-2H3,(H,17,18)(H,19,20). The minimum Gasteiger partial charge on any atom is -0.481 e. The average Bonchev–Trinajstić information content (AvgIpc) is 2.38. The van der Waals surface area contributed by atoms with Gasteiger partial charge in [0.15, 0.2) is 6.10 Å². The van der Waals surface area contributed by atoms with Gasteiger partial charge < -0.3 is 15.2 Å². The summed E-state index contributed by atoms with van der Waals surface area (Å²) in [5.41, 5.74) is -3.38. The largest absolute Gasteiger partial charge is 0.481 e. The molecule has 0 spiro atoms. The van der Waals surface area contributed by atoms with Crippen LogP contribution in [0.25, 0.3) is 0 Å². The van der Waals surface area contributed by atoms with Gasteiger partial charge in [0.05, 0.1) is 0 Å². The van der Waals surface area contributed by atoms with Crippen molar-refractivity contribution >= 4 is 11.9 Å². The zero-order valence-corrected chi connectivity index (χ0v) is 11.3. The van der Waals surface area contributed by atoms with Crippen LogP contribution in [-0.4, -0.2) is 34.8 Å². The van der Waals surface area contributed by atoms with E-state index >= 15 is 0 Å². The van der Waals surface area contributed by atoms with Crippen LogP contribution >= 0.6 is 0 Å². The van der Waals surface area contributed by atoms with Crippen molar-refractivity contribution in [3.05, 3.63) is 30.3 Å². The Balaban J connectivity index is 2.81. The quantitative estimate of drug-likeness (QED) is 0.872. The molecule has 0 aromatic heterocycles. The van der Waals surface area contributed by atoms with E-state index in [0.29, 0.717) is 6.92 Å². The van der Waals surface area contributed by atoms with Crippen LogP contribution in [0, 0.1) is 0 Å². The van der Waals surface area contributed by atoms with Gasteiger partial charge in [0.1, 0.15) is 5.75 Å². The van der Waals surface area contributed by atoms with Crippen molar-refractivity contribution < 1.29 is 32.6 Å². The summed E-state index contributed by atoms with van der Waals surface area (Å²) in [5, 5.41) is 10.2. The highest BCUT2D eigenvalue weighted by atomic mass is 19.4. The number of benzene rings is 1. The lowest BCUT2D eigenvalue weighted by molar-refractivity contribution is -0.207. The molecule has 2 unspecified atom stereocenters. The van der Waals surface area contributed by atoms with Gasteiger partial charge in [-0.3, -0.25) is 4.79 Å². The lowest BCUT2D eigenvalue weighted by atomic mass is 10.0.